The van der Waals surface area contributed by atoms with Gasteiger partial charge in [0.1, 0.15) is 28.7 Å². The van der Waals surface area contributed by atoms with E-state index < -0.39 is 0 Å². The van der Waals surface area contributed by atoms with Crippen molar-refractivity contribution in [2.75, 3.05) is 35.8 Å². The summed E-state index contributed by atoms with van der Waals surface area (Å²) in [5.74, 6) is 3.42. The summed E-state index contributed by atoms with van der Waals surface area (Å²) in [5, 5.41) is 48.0. The van der Waals surface area contributed by atoms with Gasteiger partial charge >= 0.3 is 0 Å². The molecule has 0 fully saturated rings. The number of aromatic hydroxyl groups is 2. The minimum absolute atomic E-state index is 0.257. The Morgan fingerprint density at radius 1 is 0.280 bits per heavy atom. The molecule has 0 saturated heterocycles. The summed E-state index contributed by atoms with van der Waals surface area (Å²) in [6.07, 6.45) is 28.7. The molecule has 0 aliphatic heterocycles. The van der Waals surface area contributed by atoms with Crippen LogP contribution in [-0.2, 0) is 12.8 Å². The molecule has 11 heteroatoms. The lowest BCUT2D eigenvalue weighted by molar-refractivity contribution is 0.293. The van der Waals surface area contributed by atoms with Crippen molar-refractivity contribution in [1.82, 2.24) is 0 Å². The number of nitrogens with zero attached hydrogens (tertiary/aromatic N) is 3. The molecule has 0 radical (unpaired) electrons. The molecule has 8 aromatic rings. The molecule has 2 N–H and O–H groups in total. The van der Waals surface area contributed by atoms with E-state index in [1.165, 1.54) is 144 Å². The Labute approximate surface area is 583 Å². The third-order valence-corrected chi connectivity index (χ3v) is 16.9. The smallest absolute Gasteiger partial charge is 0.119 e. The molecule has 0 aliphatic rings. The maximum Gasteiger partial charge on any atom is 0.119 e. The van der Waals surface area contributed by atoms with Crippen LogP contribution in [0.15, 0.2) is 194 Å². The first-order chi connectivity index (χ1) is 45.6. The fraction of sp³-hybridized carbons (Fsp3) is 0.378. The molecule has 93 heavy (non-hydrogen) atoms. The minimum atomic E-state index is 0.257. The first kappa shape index (κ1) is 78.1. The standard InChI is InChI=1S/C31H37NO2.C20H22BrNO.C13H9NO.C11H16O.C7H14Br2/c1-2-3-7-10-26-13-19-30(20-14-26)33-23-8-5-4-6-9-24-34-31-21-17-29(18-22-31)28-15-11-27(25-32)12-16-28;21-14-4-2-1-3-5-15-23-20-12-10-19(11-13-20)18-8-6-17(16-22)7-9-18;14-9-10-1-3-11(4-2-10)12-5-7-13(15)8-6-12;1-2-3-4-5-10-6-8-11(12)9-7-10;8-6-4-2-1-3-5-7-9/h11-22H,2-10,23-24H2,1H3;6-13H,1-5,14-15H2;1-8,15H;6-9,12H,2-5H2,1H3;1-7H2. The third kappa shape index (κ3) is 35.5. The topological polar surface area (TPSA) is 140 Å². The van der Waals surface area contributed by atoms with E-state index in [-0.39, 0.29) is 5.75 Å². The summed E-state index contributed by atoms with van der Waals surface area (Å²) < 4.78 is 17.6. The first-order valence-corrected chi connectivity index (χ1v) is 37.0. The van der Waals surface area contributed by atoms with Gasteiger partial charge in [-0.2, -0.15) is 15.8 Å². The van der Waals surface area contributed by atoms with Crippen molar-refractivity contribution >= 4 is 47.8 Å². The molecular weight excluding hydrogens is 1350 g/mol. The summed E-state index contributed by atoms with van der Waals surface area (Å²) in [5.41, 5.74) is 11.3. The van der Waals surface area contributed by atoms with E-state index in [1.807, 2.05) is 109 Å². The molecule has 8 nitrogen and oxygen atoms in total. The molecule has 0 atom stereocenters. The van der Waals surface area contributed by atoms with Crippen LogP contribution in [0, 0.1) is 34.0 Å². The van der Waals surface area contributed by atoms with Gasteiger partial charge in [0.25, 0.3) is 0 Å². The largest absolute Gasteiger partial charge is 0.508 e. The Morgan fingerprint density at radius 3 is 0.774 bits per heavy atom. The summed E-state index contributed by atoms with van der Waals surface area (Å²) in [7, 11) is 0. The highest BCUT2D eigenvalue weighted by Gasteiger charge is 2.04. The van der Waals surface area contributed by atoms with Gasteiger partial charge < -0.3 is 24.4 Å². The van der Waals surface area contributed by atoms with Gasteiger partial charge in [0.15, 0.2) is 0 Å². The Bertz CT molecular complexity index is 3260. The second-order valence-corrected chi connectivity index (χ2v) is 25.2. The Balaban J connectivity index is 0.000000269. The average molecular weight is 1450 g/mol. The van der Waals surface area contributed by atoms with E-state index in [9.17, 15) is 0 Å². The van der Waals surface area contributed by atoms with Gasteiger partial charge in [-0.15, -0.1) is 0 Å². The van der Waals surface area contributed by atoms with Crippen molar-refractivity contribution in [3.05, 3.63) is 222 Å². The minimum Gasteiger partial charge on any atom is -0.508 e. The number of benzene rings is 8. The van der Waals surface area contributed by atoms with Crippen molar-refractivity contribution in [3.63, 3.8) is 0 Å². The van der Waals surface area contributed by atoms with Crippen LogP contribution in [0.3, 0.4) is 0 Å². The number of rotatable bonds is 35. The molecule has 0 saturated carbocycles. The first-order valence-electron chi connectivity index (χ1n) is 33.6. The number of hydrogen-bond donors (Lipinski definition) is 2. The van der Waals surface area contributed by atoms with Crippen LogP contribution >= 0.6 is 47.8 Å². The van der Waals surface area contributed by atoms with Crippen LogP contribution in [-0.4, -0.2) is 46.0 Å². The number of aryl methyl sites for hydroxylation is 2. The number of phenolic OH excluding ortho intramolecular Hbond substituents is 2. The lowest BCUT2D eigenvalue weighted by Gasteiger charge is -2.09. The maximum atomic E-state index is 9.14. The summed E-state index contributed by atoms with van der Waals surface area (Å²) in [6, 6.07) is 68.4. The summed E-state index contributed by atoms with van der Waals surface area (Å²) >= 11 is 10.3. The zero-order valence-corrected chi connectivity index (χ0v) is 59.8. The fourth-order valence-electron chi connectivity index (χ4n) is 9.68. The zero-order valence-electron chi connectivity index (χ0n) is 55.1. The zero-order chi connectivity index (χ0) is 66.6. The van der Waals surface area contributed by atoms with E-state index in [4.69, 9.17) is 40.2 Å². The van der Waals surface area contributed by atoms with Gasteiger partial charge in [0.05, 0.1) is 54.7 Å². The lowest BCUT2D eigenvalue weighted by Crippen LogP contribution is -1.99. The van der Waals surface area contributed by atoms with Gasteiger partial charge in [-0.3, -0.25) is 0 Å². The molecule has 0 spiro atoms. The van der Waals surface area contributed by atoms with E-state index in [0.717, 1.165) is 101 Å². The van der Waals surface area contributed by atoms with Crippen molar-refractivity contribution in [1.29, 1.82) is 15.8 Å². The quantitative estimate of drug-likeness (QED) is 0.0296. The van der Waals surface area contributed by atoms with Gasteiger partial charge in [-0.05, 0) is 206 Å². The highest BCUT2D eigenvalue weighted by Crippen LogP contribution is 2.26. The molecule has 492 valence electrons. The number of hydrogen-bond acceptors (Lipinski definition) is 8. The molecule has 0 heterocycles. The van der Waals surface area contributed by atoms with E-state index in [1.54, 1.807) is 36.4 Å². The second kappa shape index (κ2) is 51.1. The molecule has 0 aliphatic carbocycles. The van der Waals surface area contributed by atoms with Crippen LogP contribution in [0.25, 0.3) is 33.4 Å². The highest BCUT2D eigenvalue weighted by molar-refractivity contribution is 9.09. The van der Waals surface area contributed by atoms with Gasteiger partial charge in [0.2, 0.25) is 0 Å². The fourth-order valence-corrected chi connectivity index (χ4v) is 10.9. The molecular formula is C82H98Br3N3O5. The average Bonchev–Trinajstić information content (AvgIpc) is 1.51. The van der Waals surface area contributed by atoms with Crippen LogP contribution in [0.1, 0.15) is 177 Å². The SMILES string of the molecule is BrCCCCCCCBr.CCCCCc1ccc(O)cc1.CCCCCc1ccc(OCCCCCCCOc2ccc(-c3ccc(C#N)cc3)cc2)cc1.N#Cc1ccc(-c2ccc(O)cc2)cc1.N#Cc1ccc(-c2ccc(OCCCCCCCBr)cc2)cc1. The number of nitriles is 3. The Kier molecular flexibility index (Phi) is 42.9. The van der Waals surface area contributed by atoms with Gasteiger partial charge in [-0.1, -0.05) is 242 Å². The van der Waals surface area contributed by atoms with Crippen LogP contribution in [0.4, 0.5) is 0 Å². The van der Waals surface area contributed by atoms with Crippen molar-refractivity contribution in [2.24, 2.45) is 0 Å². The Morgan fingerprint density at radius 2 is 0.505 bits per heavy atom. The third-order valence-electron chi connectivity index (χ3n) is 15.3. The van der Waals surface area contributed by atoms with E-state index in [0.29, 0.717) is 22.4 Å². The molecule has 0 amide bonds. The normalized spacial score (nSPS) is 10.2. The number of phenols is 2. The number of halogens is 3. The molecule has 0 bridgehead atoms. The lowest BCUT2D eigenvalue weighted by atomic mass is 10.0. The van der Waals surface area contributed by atoms with Crippen molar-refractivity contribution in [3.8, 4) is 80.3 Å². The predicted octanol–water partition coefficient (Wildman–Crippen LogP) is 24.1. The van der Waals surface area contributed by atoms with Crippen LogP contribution in [0.5, 0.6) is 28.7 Å². The summed E-state index contributed by atoms with van der Waals surface area (Å²) in [4.78, 5) is 0. The molecule has 8 aromatic carbocycles. The molecule has 0 aromatic heterocycles. The van der Waals surface area contributed by atoms with Gasteiger partial charge in [0, 0.05) is 16.0 Å². The molecule has 8 rings (SSSR count). The van der Waals surface area contributed by atoms with Crippen molar-refractivity contribution < 1.29 is 24.4 Å². The summed E-state index contributed by atoms with van der Waals surface area (Å²) in [6.45, 7) is 6.77. The number of ether oxygens (including phenoxy) is 3. The van der Waals surface area contributed by atoms with E-state index >= 15 is 0 Å². The predicted molar refractivity (Wildman–Crippen MR) is 400 cm³/mol. The maximum absolute atomic E-state index is 9.14. The van der Waals surface area contributed by atoms with Crippen molar-refractivity contribution in [2.45, 2.75) is 162 Å². The van der Waals surface area contributed by atoms with Crippen LogP contribution < -0.4 is 14.2 Å². The van der Waals surface area contributed by atoms with Crippen LogP contribution in [0.2, 0.25) is 0 Å². The monoisotopic (exact) mass is 1440 g/mol. The number of unbranched alkanes of at least 4 members (excludes halogenated alkanes) is 16. The molecule has 0 unspecified atom stereocenters. The number of alkyl halides is 3. The highest BCUT2D eigenvalue weighted by atomic mass is 79.9. The second-order valence-electron chi connectivity index (χ2n) is 22.8. The van der Waals surface area contributed by atoms with E-state index in [2.05, 4.69) is 128 Å². The Hall–Kier alpha value is -7.33. The van der Waals surface area contributed by atoms with Gasteiger partial charge in [-0.25, -0.2) is 0 Å².